The third-order valence-electron chi connectivity index (χ3n) is 3.65. The number of carboxylic acid groups (broad SMARTS) is 1. The van der Waals surface area contributed by atoms with Crippen molar-refractivity contribution in [3.8, 4) is 0 Å². The normalized spacial score (nSPS) is 23.1. The lowest BCUT2D eigenvalue weighted by Crippen LogP contribution is -2.34. The molecular weight excluding hydrogens is 260 g/mol. The lowest BCUT2D eigenvalue weighted by Gasteiger charge is -2.31. The van der Waals surface area contributed by atoms with Crippen molar-refractivity contribution in [2.24, 2.45) is 0 Å². The summed E-state index contributed by atoms with van der Waals surface area (Å²) in [6.45, 7) is 1.74. The Labute approximate surface area is 118 Å². The number of anilines is 1. The third kappa shape index (κ3) is 3.41. The topological polar surface area (TPSA) is 62.2 Å². The molecule has 1 fully saturated rings. The van der Waals surface area contributed by atoms with Crippen LogP contribution in [-0.4, -0.2) is 33.6 Å². The Bertz CT molecular complexity index is 465. The van der Waals surface area contributed by atoms with E-state index in [0.717, 1.165) is 12.2 Å². The van der Waals surface area contributed by atoms with Crippen molar-refractivity contribution in [1.82, 2.24) is 4.98 Å². The van der Waals surface area contributed by atoms with Gasteiger partial charge in [0.05, 0.1) is 11.3 Å². The number of thioether (sulfide) groups is 1. The molecule has 5 heteroatoms. The number of hydrogen-bond donors (Lipinski definition) is 2. The van der Waals surface area contributed by atoms with E-state index in [1.165, 1.54) is 19.3 Å². The molecule has 2 N–H and O–H groups in total. The maximum atomic E-state index is 11.0. The van der Waals surface area contributed by atoms with Crippen LogP contribution in [0.2, 0.25) is 0 Å². The van der Waals surface area contributed by atoms with Crippen LogP contribution in [-0.2, 0) is 0 Å². The Kier molecular flexibility index (Phi) is 4.69. The molecule has 0 aliphatic heterocycles. The van der Waals surface area contributed by atoms with E-state index in [0.29, 0.717) is 17.0 Å². The summed E-state index contributed by atoms with van der Waals surface area (Å²) in [4.78, 5) is 15.3. The Morgan fingerprint density at radius 3 is 2.79 bits per heavy atom. The van der Waals surface area contributed by atoms with Gasteiger partial charge in [-0.3, -0.25) is 0 Å². The lowest BCUT2D eigenvalue weighted by atomic mass is 9.95. The van der Waals surface area contributed by atoms with Crippen molar-refractivity contribution in [3.05, 3.63) is 23.4 Å². The van der Waals surface area contributed by atoms with E-state index >= 15 is 0 Å². The zero-order valence-corrected chi connectivity index (χ0v) is 12.2. The van der Waals surface area contributed by atoms with Gasteiger partial charge in [0.15, 0.2) is 0 Å². The third-order valence-corrected chi connectivity index (χ3v) is 4.82. The van der Waals surface area contributed by atoms with E-state index in [9.17, 15) is 4.79 Å². The first kappa shape index (κ1) is 14.2. The highest BCUT2D eigenvalue weighted by Crippen LogP contribution is 2.29. The Balaban J connectivity index is 2.10. The molecule has 104 valence electrons. The maximum absolute atomic E-state index is 11.0. The molecule has 2 atom stereocenters. The average Bonchev–Trinajstić information content (AvgIpc) is 2.39. The smallest absolute Gasteiger partial charge is 0.337 e. The van der Waals surface area contributed by atoms with Crippen LogP contribution in [0, 0.1) is 6.92 Å². The van der Waals surface area contributed by atoms with E-state index in [-0.39, 0.29) is 5.56 Å². The van der Waals surface area contributed by atoms with Crippen molar-refractivity contribution >= 4 is 23.5 Å². The molecule has 0 radical (unpaired) electrons. The molecule has 1 aliphatic rings. The van der Waals surface area contributed by atoms with Crippen LogP contribution in [0.15, 0.2) is 12.1 Å². The van der Waals surface area contributed by atoms with Crippen LogP contribution in [0.1, 0.15) is 41.7 Å². The van der Waals surface area contributed by atoms with E-state index in [1.54, 1.807) is 19.1 Å². The van der Waals surface area contributed by atoms with Gasteiger partial charge in [-0.2, -0.15) is 11.8 Å². The van der Waals surface area contributed by atoms with Gasteiger partial charge in [-0.05, 0) is 38.2 Å². The number of hydrogen-bond acceptors (Lipinski definition) is 4. The van der Waals surface area contributed by atoms with Crippen molar-refractivity contribution in [2.75, 3.05) is 11.6 Å². The molecule has 0 amide bonds. The zero-order chi connectivity index (χ0) is 13.8. The fourth-order valence-corrected chi connectivity index (χ4v) is 3.54. The summed E-state index contributed by atoms with van der Waals surface area (Å²) in [6.07, 6.45) is 7.10. The van der Waals surface area contributed by atoms with Gasteiger partial charge in [0.1, 0.15) is 5.82 Å². The molecule has 1 saturated carbocycles. The van der Waals surface area contributed by atoms with Gasteiger partial charge in [-0.25, -0.2) is 9.78 Å². The second-order valence-electron chi connectivity index (χ2n) is 4.94. The first-order chi connectivity index (χ1) is 9.11. The Hall–Kier alpha value is -1.23. The van der Waals surface area contributed by atoms with Crippen molar-refractivity contribution in [3.63, 3.8) is 0 Å². The molecule has 1 aliphatic carbocycles. The molecule has 1 aromatic rings. The Morgan fingerprint density at radius 1 is 1.42 bits per heavy atom. The SMILES string of the molecule is CSC1CCCCC1Nc1ccc(C(=O)O)c(C)n1. The number of aromatic nitrogens is 1. The minimum Gasteiger partial charge on any atom is -0.478 e. The summed E-state index contributed by atoms with van der Waals surface area (Å²) >= 11 is 1.90. The van der Waals surface area contributed by atoms with Crippen LogP contribution in [0.3, 0.4) is 0 Å². The molecule has 4 nitrogen and oxygen atoms in total. The minimum absolute atomic E-state index is 0.274. The number of pyridine rings is 1. The molecule has 0 saturated heterocycles. The highest BCUT2D eigenvalue weighted by Gasteiger charge is 2.24. The van der Waals surface area contributed by atoms with Crippen molar-refractivity contribution < 1.29 is 9.90 Å². The van der Waals surface area contributed by atoms with E-state index in [1.807, 2.05) is 11.8 Å². The monoisotopic (exact) mass is 280 g/mol. The predicted octanol–water partition coefficient (Wildman–Crippen LogP) is 3.17. The fraction of sp³-hybridized carbons (Fsp3) is 0.571. The van der Waals surface area contributed by atoms with Crippen LogP contribution in [0.25, 0.3) is 0 Å². The molecule has 19 heavy (non-hydrogen) atoms. The van der Waals surface area contributed by atoms with Gasteiger partial charge < -0.3 is 10.4 Å². The van der Waals surface area contributed by atoms with Gasteiger partial charge in [0, 0.05) is 11.3 Å². The van der Waals surface area contributed by atoms with Crippen LogP contribution in [0.5, 0.6) is 0 Å². The molecule has 2 unspecified atom stereocenters. The quantitative estimate of drug-likeness (QED) is 0.887. The van der Waals surface area contributed by atoms with Gasteiger partial charge in [0.2, 0.25) is 0 Å². The first-order valence-electron chi connectivity index (χ1n) is 6.62. The largest absolute Gasteiger partial charge is 0.478 e. The summed E-state index contributed by atoms with van der Waals surface area (Å²) in [5, 5.41) is 13.1. The molecular formula is C14H20N2O2S. The van der Waals surface area contributed by atoms with Crippen LogP contribution >= 0.6 is 11.8 Å². The van der Waals surface area contributed by atoms with Crippen molar-refractivity contribution in [1.29, 1.82) is 0 Å². The number of rotatable bonds is 4. The zero-order valence-electron chi connectivity index (χ0n) is 11.3. The van der Waals surface area contributed by atoms with Gasteiger partial charge >= 0.3 is 5.97 Å². The number of carboxylic acids is 1. The van der Waals surface area contributed by atoms with Crippen LogP contribution in [0.4, 0.5) is 5.82 Å². The molecule has 0 spiro atoms. The standard InChI is InChI=1S/C14H20N2O2S/c1-9-10(14(17)18)7-8-13(15-9)16-11-5-3-4-6-12(11)19-2/h7-8,11-12H,3-6H2,1-2H3,(H,15,16)(H,17,18). The lowest BCUT2D eigenvalue weighted by molar-refractivity contribution is 0.0695. The van der Waals surface area contributed by atoms with Gasteiger partial charge in [-0.1, -0.05) is 12.8 Å². The number of carbonyl (C=O) groups is 1. The highest BCUT2D eigenvalue weighted by molar-refractivity contribution is 7.99. The molecule has 2 rings (SSSR count). The Morgan fingerprint density at radius 2 is 2.16 bits per heavy atom. The minimum atomic E-state index is -0.920. The van der Waals surface area contributed by atoms with Crippen LogP contribution < -0.4 is 5.32 Å². The van der Waals surface area contributed by atoms with Crippen molar-refractivity contribution in [2.45, 2.75) is 43.9 Å². The second kappa shape index (κ2) is 6.28. The number of aryl methyl sites for hydroxylation is 1. The molecule has 1 aromatic heterocycles. The van der Waals surface area contributed by atoms with E-state index < -0.39 is 5.97 Å². The van der Waals surface area contributed by atoms with E-state index in [2.05, 4.69) is 16.6 Å². The van der Waals surface area contributed by atoms with Gasteiger partial charge in [-0.15, -0.1) is 0 Å². The molecule has 0 aromatic carbocycles. The summed E-state index contributed by atoms with van der Waals surface area (Å²) in [6, 6.07) is 3.83. The van der Waals surface area contributed by atoms with E-state index in [4.69, 9.17) is 5.11 Å². The number of aromatic carboxylic acids is 1. The molecule has 1 heterocycles. The highest BCUT2D eigenvalue weighted by atomic mass is 32.2. The summed E-state index contributed by atoms with van der Waals surface area (Å²) in [5.41, 5.74) is 0.838. The maximum Gasteiger partial charge on any atom is 0.337 e. The summed E-state index contributed by atoms with van der Waals surface area (Å²) in [5.74, 6) is -0.135. The number of nitrogens with zero attached hydrogens (tertiary/aromatic N) is 1. The van der Waals surface area contributed by atoms with Gasteiger partial charge in [0.25, 0.3) is 0 Å². The molecule has 0 bridgehead atoms. The second-order valence-corrected chi connectivity index (χ2v) is 6.02. The first-order valence-corrected chi connectivity index (χ1v) is 7.91. The number of nitrogens with one attached hydrogen (secondary N) is 1. The average molecular weight is 280 g/mol. The summed E-state index contributed by atoms with van der Waals surface area (Å²) < 4.78 is 0. The predicted molar refractivity (Wildman–Crippen MR) is 79.1 cm³/mol. The fourth-order valence-electron chi connectivity index (χ4n) is 2.60. The summed E-state index contributed by atoms with van der Waals surface area (Å²) in [7, 11) is 0.